The summed E-state index contributed by atoms with van der Waals surface area (Å²) in [5.74, 6) is 0.657. The van der Waals surface area contributed by atoms with Gasteiger partial charge in [-0.05, 0) is 35.8 Å². The van der Waals surface area contributed by atoms with Crippen LogP contribution in [-0.4, -0.2) is 17.3 Å². The summed E-state index contributed by atoms with van der Waals surface area (Å²) in [5, 5.41) is 0. The van der Waals surface area contributed by atoms with Crippen LogP contribution < -0.4 is 15.6 Å². The van der Waals surface area contributed by atoms with Gasteiger partial charge in [0.1, 0.15) is 0 Å². The average Bonchev–Trinajstić information content (AvgIpc) is 2.58. The van der Waals surface area contributed by atoms with E-state index in [1.165, 1.54) is 0 Å². The molecule has 1 aliphatic rings. The molecule has 0 spiro atoms. The van der Waals surface area contributed by atoms with Crippen molar-refractivity contribution in [3.8, 4) is 5.88 Å². The first kappa shape index (κ1) is 10.9. The predicted molar refractivity (Wildman–Crippen MR) is 61.4 cm³/mol. The van der Waals surface area contributed by atoms with Gasteiger partial charge in [-0.15, -0.1) is 0 Å². The highest BCUT2D eigenvalue weighted by Crippen LogP contribution is 2.19. The maximum atomic E-state index is 5.68. The summed E-state index contributed by atoms with van der Waals surface area (Å²) in [5.41, 5.74) is 7.11. The van der Waals surface area contributed by atoms with Crippen LogP contribution in [0, 0.1) is 6.92 Å². The predicted octanol–water partition coefficient (Wildman–Crippen LogP) is 1.74. The van der Waals surface area contributed by atoms with Crippen LogP contribution in [0.3, 0.4) is 0 Å². The minimum absolute atomic E-state index is 0.00748. The minimum atomic E-state index is 0.00748. The van der Waals surface area contributed by atoms with Crippen LogP contribution in [-0.2, 0) is 0 Å². The Labute approximate surface area is 97.5 Å². The highest BCUT2D eigenvalue weighted by atomic mass is 79.9. The zero-order valence-corrected chi connectivity index (χ0v) is 10.3. The molecule has 1 aromatic rings. The summed E-state index contributed by atoms with van der Waals surface area (Å²) in [6.45, 7) is 4.05. The van der Waals surface area contributed by atoms with E-state index in [-0.39, 0.29) is 6.23 Å². The largest absolute Gasteiger partial charge is 0.457 e. The van der Waals surface area contributed by atoms with Gasteiger partial charge in [0, 0.05) is 23.0 Å². The first-order chi connectivity index (χ1) is 7.15. The molecule has 0 amide bonds. The fourth-order valence-electron chi connectivity index (χ4n) is 1.48. The SMILES string of the molecule is Cc1nc(OC2CC(C)NN2)ccc1Br. The molecule has 2 heterocycles. The van der Waals surface area contributed by atoms with Gasteiger partial charge in [0.2, 0.25) is 5.88 Å². The molecular weight excluding hydrogens is 258 g/mol. The van der Waals surface area contributed by atoms with E-state index < -0.39 is 0 Å². The molecule has 1 saturated heterocycles. The lowest BCUT2D eigenvalue weighted by molar-refractivity contribution is 0.172. The molecular formula is C10H14BrN3O. The summed E-state index contributed by atoms with van der Waals surface area (Å²) in [4.78, 5) is 4.32. The number of aromatic nitrogens is 1. The van der Waals surface area contributed by atoms with Crippen molar-refractivity contribution >= 4 is 15.9 Å². The van der Waals surface area contributed by atoms with E-state index >= 15 is 0 Å². The van der Waals surface area contributed by atoms with Crippen LogP contribution in [0.15, 0.2) is 16.6 Å². The zero-order chi connectivity index (χ0) is 10.8. The molecule has 2 unspecified atom stereocenters. The third-order valence-electron chi connectivity index (χ3n) is 2.32. The van der Waals surface area contributed by atoms with Gasteiger partial charge < -0.3 is 4.74 Å². The maximum Gasteiger partial charge on any atom is 0.215 e. The Kier molecular flexibility index (Phi) is 3.23. The van der Waals surface area contributed by atoms with E-state index in [1.54, 1.807) is 0 Å². The highest BCUT2D eigenvalue weighted by molar-refractivity contribution is 9.10. The van der Waals surface area contributed by atoms with Crippen LogP contribution in [0.25, 0.3) is 0 Å². The molecule has 1 aliphatic heterocycles. The molecule has 0 radical (unpaired) electrons. The van der Waals surface area contributed by atoms with E-state index in [2.05, 4.69) is 38.7 Å². The van der Waals surface area contributed by atoms with Crippen molar-refractivity contribution in [2.45, 2.75) is 32.5 Å². The monoisotopic (exact) mass is 271 g/mol. The van der Waals surface area contributed by atoms with E-state index in [4.69, 9.17) is 4.74 Å². The summed E-state index contributed by atoms with van der Waals surface area (Å²) < 4.78 is 6.68. The second-order valence-corrected chi connectivity index (χ2v) is 4.60. The van der Waals surface area contributed by atoms with Crippen molar-refractivity contribution in [1.82, 2.24) is 15.8 Å². The molecule has 2 atom stereocenters. The van der Waals surface area contributed by atoms with Crippen molar-refractivity contribution in [3.63, 3.8) is 0 Å². The molecule has 5 heteroatoms. The minimum Gasteiger partial charge on any atom is -0.457 e. The number of hydrogen-bond donors (Lipinski definition) is 2. The molecule has 82 valence electrons. The third kappa shape index (κ3) is 2.68. The number of rotatable bonds is 2. The smallest absolute Gasteiger partial charge is 0.215 e. The number of hydrogen-bond acceptors (Lipinski definition) is 4. The van der Waals surface area contributed by atoms with E-state index in [9.17, 15) is 0 Å². The molecule has 0 saturated carbocycles. The molecule has 0 aromatic carbocycles. The first-order valence-electron chi connectivity index (χ1n) is 4.96. The Morgan fingerprint density at radius 2 is 2.27 bits per heavy atom. The number of nitrogens with one attached hydrogen (secondary N) is 2. The van der Waals surface area contributed by atoms with Crippen molar-refractivity contribution in [2.75, 3.05) is 0 Å². The van der Waals surface area contributed by atoms with Crippen LogP contribution in [0.4, 0.5) is 0 Å². The first-order valence-corrected chi connectivity index (χ1v) is 5.75. The van der Waals surface area contributed by atoms with E-state index in [0.29, 0.717) is 11.9 Å². The summed E-state index contributed by atoms with van der Waals surface area (Å²) in [6, 6.07) is 4.25. The zero-order valence-electron chi connectivity index (χ0n) is 8.75. The number of nitrogens with zero attached hydrogens (tertiary/aromatic N) is 1. The fraction of sp³-hybridized carbons (Fsp3) is 0.500. The normalized spacial score (nSPS) is 25.5. The molecule has 2 N–H and O–H groups in total. The lowest BCUT2D eigenvalue weighted by Gasteiger charge is -2.12. The Balaban J connectivity index is 2.02. The van der Waals surface area contributed by atoms with E-state index in [1.807, 2.05) is 19.1 Å². The van der Waals surface area contributed by atoms with Crippen LogP contribution in [0.5, 0.6) is 5.88 Å². The summed E-state index contributed by atoms with van der Waals surface area (Å²) in [7, 11) is 0. The van der Waals surface area contributed by atoms with Gasteiger partial charge in [0.15, 0.2) is 6.23 Å². The standard InChI is InChI=1S/C10H14BrN3O/c1-6-5-10(14-13-6)15-9-4-3-8(11)7(2)12-9/h3-4,6,10,13-14H,5H2,1-2H3. The Bertz CT molecular complexity index is 359. The molecule has 2 rings (SSSR count). The van der Waals surface area contributed by atoms with Gasteiger partial charge in [-0.25, -0.2) is 10.4 Å². The lowest BCUT2D eigenvalue weighted by Crippen LogP contribution is -2.35. The number of aryl methyl sites for hydroxylation is 1. The molecule has 15 heavy (non-hydrogen) atoms. The van der Waals surface area contributed by atoms with Crippen LogP contribution >= 0.6 is 15.9 Å². The van der Waals surface area contributed by atoms with Gasteiger partial charge in [-0.1, -0.05) is 0 Å². The topological polar surface area (TPSA) is 46.2 Å². The third-order valence-corrected chi connectivity index (χ3v) is 3.16. The second kappa shape index (κ2) is 4.47. The number of ether oxygens (including phenoxy) is 1. The van der Waals surface area contributed by atoms with Crippen molar-refractivity contribution < 1.29 is 4.74 Å². The van der Waals surface area contributed by atoms with Gasteiger partial charge in [-0.2, -0.15) is 0 Å². The van der Waals surface area contributed by atoms with Gasteiger partial charge >= 0.3 is 0 Å². The average molecular weight is 272 g/mol. The van der Waals surface area contributed by atoms with Crippen molar-refractivity contribution in [2.24, 2.45) is 0 Å². The molecule has 4 nitrogen and oxygen atoms in total. The van der Waals surface area contributed by atoms with Crippen LogP contribution in [0.1, 0.15) is 19.0 Å². The van der Waals surface area contributed by atoms with Gasteiger partial charge in [0.05, 0.1) is 5.69 Å². The Hall–Kier alpha value is -0.650. The number of pyridine rings is 1. The fourth-order valence-corrected chi connectivity index (χ4v) is 1.70. The number of hydrazine groups is 1. The maximum absolute atomic E-state index is 5.68. The highest BCUT2D eigenvalue weighted by Gasteiger charge is 2.21. The summed E-state index contributed by atoms with van der Waals surface area (Å²) >= 11 is 3.41. The lowest BCUT2D eigenvalue weighted by atomic mass is 10.2. The van der Waals surface area contributed by atoms with Gasteiger partial charge in [-0.3, -0.25) is 5.43 Å². The molecule has 1 aromatic heterocycles. The number of halogens is 1. The van der Waals surface area contributed by atoms with Crippen LogP contribution in [0.2, 0.25) is 0 Å². The van der Waals surface area contributed by atoms with Crippen molar-refractivity contribution in [1.29, 1.82) is 0 Å². The molecule has 0 bridgehead atoms. The van der Waals surface area contributed by atoms with Crippen molar-refractivity contribution in [3.05, 3.63) is 22.3 Å². The quantitative estimate of drug-likeness (QED) is 0.861. The Morgan fingerprint density at radius 1 is 1.47 bits per heavy atom. The molecule has 1 fully saturated rings. The second-order valence-electron chi connectivity index (χ2n) is 3.75. The van der Waals surface area contributed by atoms with Gasteiger partial charge in [0.25, 0.3) is 0 Å². The van der Waals surface area contributed by atoms with E-state index in [0.717, 1.165) is 16.6 Å². The molecule has 0 aliphatic carbocycles. The summed E-state index contributed by atoms with van der Waals surface area (Å²) in [6.07, 6.45) is 0.949. The Morgan fingerprint density at radius 3 is 2.87 bits per heavy atom.